The highest BCUT2D eigenvalue weighted by molar-refractivity contribution is 6.30. The molecule has 0 spiro atoms. The lowest BCUT2D eigenvalue weighted by Crippen LogP contribution is -2.35. The van der Waals surface area contributed by atoms with E-state index in [1.54, 1.807) is 47.5 Å². The molecular weight excluding hydrogens is 417 g/mol. The zero-order chi connectivity index (χ0) is 21.8. The number of aromatic nitrogens is 1. The fourth-order valence-electron chi connectivity index (χ4n) is 3.90. The van der Waals surface area contributed by atoms with Crippen LogP contribution in [0.2, 0.25) is 5.02 Å². The summed E-state index contributed by atoms with van der Waals surface area (Å²) in [6.45, 7) is 0.862. The largest absolute Gasteiger partial charge is 0.350 e. The highest BCUT2D eigenvalue weighted by Gasteiger charge is 2.40. The number of amides is 2. The van der Waals surface area contributed by atoms with Crippen LogP contribution in [-0.2, 0) is 11.3 Å². The molecule has 0 saturated carbocycles. The van der Waals surface area contributed by atoms with E-state index in [-0.39, 0.29) is 36.6 Å². The lowest BCUT2D eigenvalue weighted by molar-refractivity contribution is -0.125. The average Bonchev–Trinajstić information content (AvgIpc) is 3.24. The first-order valence-electron chi connectivity index (χ1n) is 9.99. The third kappa shape index (κ3) is 4.91. The van der Waals surface area contributed by atoms with Crippen LogP contribution in [0.25, 0.3) is 0 Å². The second kappa shape index (κ2) is 9.27. The zero-order valence-corrected chi connectivity index (χ0v) is 17.4. The van der Waals surface area contributed by atoms with Crippen LogP contribution in [0.1, 0.15) is 27.5 Å². The summed E-state index contributed by atoms with van der Waals surface area (Å²) in [6, 6.07) is 18.3. The molecule has 0 aliphatic carbocycles. The maximum Gasteiger partial charge on any atom is 0.253 e. The number of likely N-dealkylation sites (tertiary alicyclic amines) is 1. The molecule has 1 aliphatic heterocycles. The van der Waals surface area contributed by atoms with Crippen molar-refractivity contribution in [1.82, 2.24) is 15.2 Å². The van der Waals surface area contributed by atoms with E-state index in [0.29, 0.717) is 22.7 Å². The molecule has 158 valence electrons. The normalized spacial score (nSPS) is 18.1. The highest BCUT2D eigenvalue weighted by Crippen LogP contribution is 2.34. The topological polar surface area (TPSA) is 62.3 Å². The summed E-state index contributed by atoms with van der Waals surface area (Å²) in [5.74, 6) is -1.55. The number of nitrogens with one attached hydrogen (secondary N) is 1. The minimum atomic E-state index is -0.498. The van der Waals surface area contributed by atoms with Gasteiger partial charge in [0.15, 0.2) is 0 Å². The first-order valence-corrected chi connectivity index (χ1v) is 10.4. The Morgan fingerprint density at radius 3 is 2.58 bits per heavy atom. The van der Waals surface area contributed by atoms with Crippen LogP contribution in [0.3, 0.4) is 0 Å². The molecular formula is C24H21ClFN3O2. The summed E-state index contributed by atoms with van der Waals surface area (Å²) in [5.41, 5.74) is 1.94. The molecule has 31 heavy (non-hydrogen) atoms. The van der Waals surface area contributed by atoms with E-state index in [9.17, 15) is 14.0 Å². The quantitative estimate of drug-likeness (QED) is 0.655. The molecule has 0 unspecified atom stereocenters. The number of carbonyl (C=O) groups excluding carboxylic acids is 2. The first kappa shape index (κ1) is 21.0. The minimum absolute atomic E-state index is 0.182. The number of halogens is 2. The SMILES string of the molecule is O=C(NCc1ccccn1)[C@H]1CN(C(=O)c2ccc(Cl)cc2)C[C@H]1c1cccc(F)c1. The second-order valence-electron chi connectivity index (χ2n) is 7.52. The van der Waals surface area contributed by atoms with Gasteiger partial charge in [0.25, 0.3) is 5.91 Å². The summed E-state index contributed by atoms with van der Waals surface area (Å²) < 4.78 is 13.9. The molecule has 0 bridgehead atoms. The van der Waals surface area contributed by atoms with E-state index in [1.165, 1.54) is 12.1 Å². The Hall–Kier alpha value is -3.25. The first-order chi connectivity index (χ1) is 15.0. The Kier molecular flexibility index (Phi) is 6.28. The fraction of sp³-hybridized carbons (Fsp3) is 0.208. The van der Waals surface area contributed by atoms with Crippen LogP contribution < -0.4 is 5.32 Å². The Morgan fingerprint density at radius 2 is 1.87 bits per heavy atom. The zero-order valence-electron chi connectivity index (χ0n) is 16.7. The summed E-state index contributed by atoms with van der Waals surface area (Å²) in [6.07, 6.45) is 1.67. The molecule has 3 aromatic rings. The van der Waals surface area contributed by atoms with Crippen molar-refractivity contribution < 1.29 is 14.0 Å². The van der Waals surface area contributed by atoms with Gasteiger partial charge in [0.2, 0.25) is 5.91 Å². The van der Waals surface area contributed by atoms with Crippen molar-refractivity contribution in [2.24, 2.45) is 5.92 Å². The van der Waals surface area contributed by atoms with Crippen molar-refractivity contribution in [2.45, 2.75) is 12.5 Å². The Balaban J connectivity index is 1.55. The lowest BCUT2D eigenvalue weighted by Gasteiger charge is -2.18. The second-order valence-corrected chi connectivity index (χ2v) is 7.96. The van der Waals surface area contributed by atoms with Gasteiger partial charge >= 0.3 is 0 Å². The van der Waals surface area contributed by atoms with Gasteiger partial charge in [0.05, 0.1) is 18.2 Å². The summed E-state index contributed by atoms with van der Waals surface area (Å²) in [7, 11) is 0. The molecule has 2 heterocycles. The number of carbonyl (C=O) groups is 2. The molecule has 0 radical (unpaired) electrons. The standard InChI is InChI=1S/C24H21ClFN3O2/c25-18-9-7-16(8-10-18)24(31)29-14-21(17-4-3-5-19(26)12-17)22(15-29)23(30)28-13-20-6-1-2-11-27-20/h1-12,21-22H,13-15H2,(H,28,30)/t21-,22-/m0/s1. The van der Waals surface area contributed by atoms with E-state index in [4.69, 9.17) is 11.6 Å². The van der Waals surface area contributed by atoms with Crippen molar-refractivity contribution in [1.29, 1.82) is 0 Å². The van der Waals surface area contributed by atoms with Crippen molar-refractivity contribution in [3.05, 3.63) is 101 Å². The van der Waals surface area contributed by atoms with Gasteiger partial charge in [-0.2, -0.15) is 0 Å². The van der Waals surface area contributed by atoms with E-state index < -0.39 is 5.92 Å². The summed E-state index contributed by atoms with van der Waals surface area (Å²) in [4.78, 5) is 31.9. The third-order valence-electron chi connectivity index (χ3n) is 5.48. The fourth-order valence-corrected chi connectivity index (χ4v) is 4.02. The maximum absolute atomic E-state index is 13.9. The van der Waals surface area contributed by atoms with E-state index in [1.807, 2.05) is 18.2 Å². The molecule has 7 heteroatoms. The monoisotopic (exact) mass is 437 g/mol. The predicted octanol–water partition coefficient (Wildman–Crippen LogP) is 4.05. The molecule has 2 amide bonds. The van der Waals surface area contributed by atoms with Crippen LogP contribution in [-0.4, -0.2) is 34.8 Å². The van der Waals surface area contributed by atoms with Gasteiger partial charge in [-0.15, -0.1) is 0 Å². The predicted molar refractivity (Wildman–Crippen MR) is 116 cm³/mol. The number of pyridine rings is 1. The molecule has 1 aliphatic rings. The minimum Gasteiger partial charge on any atom is -0.350 e. The lowest BCUT2D eigenvalue weighted by atomic mass is 9.88. The molecule has 1 fully saturated rings. The van der Waals surface area contributed by atoms with Gasteiger partial charge in [0.1, 0.15) is 5.82 Å². The van der Waals surface area contributed by atoms with Crippen LogP contribution in [0.5, 0.6) is 0 Å². The van der Waals surface area contributed by atoms with E-state index in [2.05, 4.69) is 10.3 Å². The van der Waals surface area contributed by atoms with Gasteiger partial charge in [-0.05, 0) is 54.1 Å². The van der Waals surface area contributed by atoms with Crippen molar-refractivity contribution >= 4 is 23.4 Å². The molecule has 2 atom stereocenters. The van der Waals surface area contributed by atoms with Crippen molar-refractivity contribution in [3.8, 4) is 0 Å². The molecule has 1 N–H and O–H groups in total. The molecule has 2 aromatic carbocycles. The van der Waals surface area contributed by atoms with Crippen LogP contribution >= 0.6 is 11.6 Å². The van der Waals surface area contributed by atoms with Gasteiger partial charge in [0, 0.05) is 35.8 Å². The number of rotatable bonds is 5. The summed E-state index contributed by atoms with van der Waals surface area (Å²) in [5, 5.41) is 3.46. The van der Waals surface area contributed by atoms with Crippen LogP contribution in [0.4, 0.5) is 4.39 Å². The van der Waals surface area contributed by atoms with Gasteiger partial charge in [-0.1, -0.05) is 29.8 Å². The van der Waals surface area contributed by atoms with Crippen molar-refractivity contribution in [3.63, 3.8) is 0 Å². The molecule has 1 aromatic heterocycles. The van der Waals surface area contributed by atoms with E-state index >= 15 is 0 Å². The average molecular weight is 438 g/mol. The number of hydrogen-bond acceptors (Lipinski definition) is 3. The Labute approximate surface area is 184 Å². The maximum atomic E-state index is 13.9. The highest BCUT2D eigenvalue weighted by atomic mass is 35.5. The smallest absolute Gasteiger partial charge is 0.253 e. The van der Waals surface area contributed by atoms with Gasteiger partial charge in [-0.25, -0.2) is 4.39 Å². The van der Waals surface area contributed by atoms with Gasteiger partial charge < -0.3 is 10.2 Å². The third-order valence-corrected chi connectivity index (χ3v) is 5.73. The Bertz CT molecular complexity index is 1080. The van der Waals surface area contributed by atoms with E-state index in [0.717, 1.165) is 5.69 Å². The van der Waals surface area contributed by atoms with Crippen LogP contribution in [0, 0.1) is 11.7 Å². The van der Waals surface area contributed by atoms with Crippen molar-refractivity contribution in [2.75, 3.05) is 13.1 Å². The number of benzene rings is 2. The van der Waals surface area contributed by atoms with Crippen LogP contribution in [0.15, 0.2) is 72.9 Å². The summed E-state index contributed by atoms with van der Waals surface area (Å²) >= 11 is 5.93. The number of hydrogen-bond donors (Lipinski definition) is 1. The molecule has 4 rings (SSSR count). The molecule has 1 saturated heterocycles. The number of nitrogens with zero attached hydrogens (tertiary/aromatic N) is 2. The Morgan fingerprint density at radius 1 is 1.06 bits per heavy atom. The molecule has 5 nitrogen and oxygen atoms in total. The van der Waals surface area contributed by atoms with Gasteiger partial charge in [-0.3, -0.25) is 14.6 Å².